The third-order valence-corrected chi connectivity index (χ3v) is 0.476. The highest BCUT2D eigenvalue weighted by molar-refractivity contribution is 7.39. The zero-order valence-electron chi connectivity index (χ0n) is 3.87. The van der Waals surface area contributed by atoms with Gasteiger partial charge in [-0.25, -0.2) is 4.89 Å². The molecule has 0 bridgehead atoms. The smallest absolute Gasteiger partial charge is 0.327 e. The van der Waals surface area contributed by atoms with Gasteiger partial charge in [0.25, 0.3) is 0 Å². The molecule has 0 aromatic heterocycles. The Labute approximate surface area is 42.6 Å². The van der Waals surface area contributed by atoms with Crippen LogP contribution in [0.1, 0.15) is 6.92 Å². The van der Waals surface area contributed by atoms with Crippen molar-refractivity contribution in [2.45, 2.75) is 6.92 Å². The normalized spacial score (nSPS) is 10.3. The summed E-state index contributed by atoms with van der Waals surface area (Å²) in [4.78, 5) is 20.0. The van der Waals surface area contributed by atoms with E-state index in [0.29, 0.717) is 6.61 Å². The number of rotatable bonds is 3. The molecule has 44 valence electrons. The van der Waals surface area contributed by atoms with Crippen LogP contribution in [0.2, 0.25) is 0 Å². The molecule has 5 heteroatoms. The second kappa shape index (κ2) is 4.43. The van der Waals surface area contributed by atoms with Gasteiger partial charge in [0.05, 0.1) is 6.61 Å². The molecule has 0 spiro atoms. The molecule has 0 heterocycles. The van der Waals surface area contributed by atoms with Crippen LogP contribution in [-0.2, 0) is 9.56 Å². The molecule has 4 nitrogen and oxygen atoms in total. The van der Waals surface area contributed by atoms with Crippen molar-refractivity contribution in [3.8, 4) is 0 Å². The summed E-state index contributed by atoms with van der Waals surface area (Å²) in [5.41, 5.74) is 0. The first kappa shape index (κ1) is 7.27. The van der Waals surface area contributed by atoms with Crippen LogP contribution < -0.4 is 0 Å². The third kappa shape index (κ3) is 6.27. The molecule has 0 unspecified atom stereocenters. The topological polar surface area (TPSA) is 58.9 Å². The Kier molecular flexibility index (Phi) is 4.60. The molecule has 0 amide bonds. The van der Waals surface area contributed by atoms with Gasteiger partial charge in [0.1, 0.15) is 0 Å². The maximum Gasteiger partial charge on any atom is 0.357 e. The molecule has 0 aliphatic heterocycles. The Bertz CT molecular complexity index is 38.7. The lowest BCUT2D eigenvalue weighted by molar-refractivity contribution is -0.208. The van der Waals surface area contributed by atoms with Crippen molar-refractivity contribution in [3.63, 3.8) is 0 Å². The van der Waals surface area contributed by atoms with E-state index in [-0.39, 0.29) is 0 Å². The first-order chi connectivity index (χ1) is 3.27. The van der Waals surface area contributed by atoms with Crippen molar-refractivity contribution in [3.05, 3.63) is 0 Å². The largest absolute Gasteiger partial charge is 0.357 e. The van der Waals surface area contributed by atoms with Gasteiger partial charge < -0.3 is 9.79 Å². The molecule has 2 N–H and O–H groups in total. The Hall–Kier alpha value is 0.270. The summed E-state index contributed by atoms with van der Waals surface area (Å²) in [7, 11) is -2.33. The second-order valence-electron chi connectivity index (χ2n) is 0.734. The van der Waals surface area contributed by atoms with Crippen LogP contribution in [0.5, 0.6) is 0 Å². The lowest BCUT2D eigenvalue weighted by Gasteiger charge is -1.97. The Morgan fingerprint density at radius 2 is 2.14 bits per heavy atom. The number of hydrogen-bond donors (Lipinski definition) is 2. The SMILES string of the molecule is CCOOP(O)O. The van der Waals surface area contributed by atoms with Gasteiger partial charge >= 0.3 is 8.60 Å². The first-order valence-electron chi connectivity index (χ1n) is 1.75. The van der Waals surface area contributed by atoms with Gasteiger partial charge in [0.2, 0.25) is 0 Å². The van der Waals surface area contributed by atoms with Crippen LogP contribution in [0.15, 0.2) is 0 Å². The summed E-state index contributed by atoms with van der Waals surface area (Å²) in [5.74, 6) is 0. The van der Waals surface area contributed by atoms with Gasteiger partial charge in [-0.3, -0.25) is 0 Å². The van der Waals surface area contributed by atoms with Gasteiger partial charge in [0, 0.05) is 0 Å². The number of hydrogen-bond acceptors (Lipinski definition) is 4. The fourth-order valence-electron chi connectivity index (χ4n) is 0.0998. The second-order valence-corrected chi connectivity index (χ2v) is 1.39. The molecule has 0 aromatic rings. The van der Waals surface area contributed by atoms with Crippen molar-refractivity contribution < 1.29 is 19.3 Å². The summed E-state index contributed by atoms with van der Waals surface area (Å²) in [6.07, 6.45) is 0. The average molecular weight is 126 g/mol. The van der Waals surface area contributed by atoms with Gasteiger partial charge in [-0.15, -0.1) is 0 Å². The zero-order chi connectivity index (χ0) is 5.70. The summed E-state index contributed by atoms with van der Waals surface area (Å²) in [6.45, 7) is 2.00. The van der Waals surface area contributed by atoms with Crippen LogP contribution in [-0.4, -0.2) is 16.4 Å². The van der Waals surface area contributed by atoms with Crippen LogP contribution in [0.3, 0.4) is 0 Å². The molecule has 0 rings (SSSR count). The molecule has 0 fully saturated rings. The van der Waals surface area contributed by atoms with E-state index in [9.17, 15) is 0 Å². The Morgan fingerprint density at radius 1 is 1.57 bits per heavy atom. The maximum absolute atomic E-state index is 7.96. The molecular weight excluding hydrogens is 119 g/mol. The Balaban J connectivity index is 2.68. The van der Waals surface area contributed by atoms with Crippen LogP contribution >= 0.6 is 8.60 Å². The zero-order valence-corrected chi connectivity index (χ0v) is 4.76. The van der Waals surface area contributed by atoms with E-state index in [4.69, 9.17) is 9.79 Å². The van der Waals surface area contributed by atoms with E-state index < -0.39 is 8.60 Å². The summed E-state index contributed by atoms with van der Waals surface area (Å²) >= 11 is 0. The minimum atomic E-state index is -2.33. The molecule has 7 heavy (non-hydrogen) atoms. The van der Waals surface area contributed by atoms with E-state index >= 15 is 0 Å². The van der Waals surface area contributed by atoms with Crippen molar-refractivity contribution in [2.75, 3.05) is 6.61 Å². The predicted octanol–water partition coefficient (Wildman–Crippen LogP) is 0.166. The fourth-order valence-corrected chi connectivity index (χ4v) is 0.300. The van der Waals surface area contributed by atoms with Crippen LogP contribution in [0.25, 0.3) is 0 Å². The quantitative estimate of drug-likeness (QED) is 0.321. The molecule has 0 saturated carbocycles. The van der Waals surface area contributed by atoms with Gasteiger partial charge in [0.15, 0.2) is 0 Å². The molecular formula is C2H7O4P. The monoisotopic (exact) mass is 126 g/mol. The van der Waals surface area contributed by atoms with Crippen molar-refractivity contribution >= 4 is 8.60 Å². The van der Waals surface area contributed by atoms with Gasteiger partial charge in [-0.2, -0.15) is 4.67 Å². The highest BCUT2D eigenvalue weighted by Gasteiger charge is 1.95. The van der Waals surface area contributed by atoms with E-state index in [1.807, 2.05) is 0 Å². The van der Waals surface area contributed by atoms with Gasteiger partial charge in [-0.1, -0.05) is 0 Å². The lowest BCUT2D eigenvalue weighted by atomic mass is 10.9. The lowest BCUT2D eigenvalue weighted by Crippen LogP contribution is -1.85. The molecule has 0 aliphatic rings. The molecule has 0 atom stereocenters. The molecule has 0 radical (unpaired) electrons. The predicted molar refractivity (Wildman–Crippen MR) is 24.1 cm³/mol. The minimum absolute atomic E-state index is 0.319. The standard InChI is InChI=1S/C2H7O4P/c1-2-5-6-7(3)4/h3-4H,2H2,1H3. The highest BCUT2D eigenvalue weighted by Crippen LogP contribution is 2.23. The van der Waals surface area contributed by atoms with Gasteiger partial charge in [-0.05, 0) is 6.92 Å². The molecule has 0 saturated heterocycles. The molecule has 0 aliphatic carbocycles. The molecule has 0 aromatic carbocycles. The summed E-state index contributed by atoms with van der Waals surface area (Å²) in [5, 5.41) is 0. The summed E-state index contributed by atoms with van der Waals surface area (Å²) < 4.78 is 3.87. The third-order valence-electron chi connectivity index (χ3n) is 0.237. The summed E-state index contributed by atoms with van der Waals surface area (Å²) in [6, 6.07) is 0. The average Bonchev–Trinajstić information content (AvgIpc) is 1.61. The van der Waals surface area contributed by atoms with Crippen LogP contribution in [0, 0.1) is 0 Å². The van der Waals surface area contributed by atoms with E-state index in [2.05, 4.69) is 9.56 Å². The Morgan fingerprint density at radius 3 is 2.29 bits per heavy atom. The maximum atomic E-state index is 7.96. The van der Waals surface area contributed by atoms with E-state index in [1.54, 1.807) is 6.92 Å². The highest BCUT2D eigenvalue weighted by atomic mass is 31.2. The van der Waals surface area contributed by atoms with Crippen molar-refractivity contribution in [1.29, 1.82) is 0 Å². The minimum Gasteiger partial charge on any atom is -0.327 e. The van der Waals surface area contributed by atoms with E-state index in [0.717, 1.165) is 0 Å². The fraction of sp³-hybridized carbons (Fsp3) is 1.00. The van der Waals surface area contributed by atoms with Crippen molar-refractivity contribution in [2.24, 2.45) is 0 Å². The van der Waals surface area contributed by atoms with E-state index in [1.165, 1.54) is 0 Å². The van der Waals surface area contributed by atoms with Crippen LogP contribution in [0.4, 0.5) is 0 Å². The first-order valence-corrected chi connectivity index (χ1v) is 2.91. The van der Waals surface area contributed by atoms with Crippen molar-refractivity contribution in [1.82, 2.24) is 0 Å².